The second-order valence-corrected chi connectivity index (χ2v) is 9.44. The molecule has 162 valence electrons. The number of nitrogens with zero attached hydrogens (tertiary/aromatic N) is 1. The van der Waals surface area contributed by atoms with Crippen molar-refractivity contribution in [3.8, 4) is 0 Å². The molecule has 0 atom stereocenters. The minimum absolute atomic E-state index is 0.0591. The summed E-state index contributed by atoms with van der Waals surface area (Å²) in [6, 6.07) is 17.1. The number of imide groups is 1. The largest absolute Gasteiger partial charge is 0.381 e. The minimum Gasteiger partial charge on any atom is -0.381 e. The Balaban J connectivity index is 1.27. The maximum Gasteiger partial charge on any atom is 0.261 e. The van der Waals surface area contributed by atoms with Crippen molar-refractivity contribution < 1.29 is 19.1 Å². The highest BCUT2D eigenvalue weighted by molar-refractivity contribution is 8.00. The molecule has 6 nitrogen and oxygen atoms in total. The van der Waals surface area contributed by atoms with Crippen molar-refractivity contribution in [3.63, 3.8) is 0 Å². The molecule has 2 aliphatic heterocycles. The number of hydrogen-bond acceptors (Lipinski definition) is 5. The van der Waals surface area contributed by atoms with E-state index in [0.29, 0.717) is 37.3 Å². The average Bonchev–Trinajstić information content (AvgIpc) is 3.04. The average molecular weight is 439 g/mol. The van der Waals surface area contributed by atoms with Crippen LogP contribution in [0.15, 0.2) is 59.5 Å². The fourth-order valence-corrected chi connectivity index (χ4v) is 5.29. The highest BCUT2D eigenvalue weighted by atomic mass is 32.2. The molecule has 2 heterocycles. The third kappa shape index (κ3) is 4.99. The summed E-state index contributed by atoms with van der Waals surface area (Å²) in [6.07, 6.45) is 2.47. The van der Waals surface area contributed by atoms with Gasteiger partial charge in [0, 0.05) is 42.4 Å². The number of nitrogens with one attached hydrogen (secondary N) is 1. The van der Waals surface area contributed by atoms with Gasteiger partial charge in [0.1, 0.15) is 0 Å². The van der Waals surface area contributed by atoms with Crippen LogP contribution in [0.1, 0.15) is 46.4 Å². The van der Waals surface area contributed by atoms with Crippen LogP contribution >= 0.6 is 11.8 Å². The Labute approximate surface area is 186 Å². The van der Waals surface area contributed by atoms with Crippen LogP contribution in [0.2, 0.25) is 0 Å². The van der Waals surface area contributed by atoms with Gasteiger partial charge in [0.05, 0.1) is 11.1 Å². The standard InChI is InChI=1S/C24H26N2O4S/c27-21(11-6-14-26-22(28)19-9-4-5-10-20(19)23(26)29)25-17-24(12-15-30-16-13-24)31-18-7-2-1-3-8-18/h1-5,7-10H,6,11-17H2,(H,25,27). The van der Waals surface area contributed by atoms with E-state index in [4.69, 9.17) is 4.74 Å². The number of carbonyl (C=O) groups is 3. The molecule has 0 unspecified atom stereocenters. The van der Waals surface area contributed by atoms with Crippen molar-refractivity contribution in [2.24, 2.45) is 0 Å². The summed E-state index contributed by atoms with van der Waals surface area (Å²) in [7, 11) is 0. The van der Waals surface area contributed by atoms with Crippen molar-refractivity contribution in [1.29, 1.82) is 0 Å². The molecule has 7 heteroatoms. The van der Waals surface area contributed by atoms with Crippen molar-refractivity contribution >= 4 is 29.5 Å². The molecule has 0 saturated carbocycles. The maximum atomic E-state index is 12.5. The lowest BCUT2D eigenvalue weighted by atomic mass is 9.99. The number of ether oxygens (including phenoxy) is 1. The van der Waals surface area contributed by atoms with Crippen LogP contribution in [0, 0.1) is 0 Å². The van der Waals surface area contributed by atoms with Crippen LogP contribution in [0.5, 0.6) is 0 Å². The van der Waals surface area contributed by atoms with E-state index in [9.17, 15) is 14.4 Å². The van der Waals surface area contributed by atoms with Crippen LogP contribution in [0.3, 0.4) is 0 Å². The Morgan fingerprint density at radius 2 is 1.58 bits per heavy atom. The van der Waals surface area contributed by atoms with Gasteiger partial charge in [-0.15, -0.1) is 11.8 Å². The van der Waals surface area contributed by atoms with E-state index in [1.807, 2.05) is 18.2 Å². The second-order valence-electron chi connectivity index (χ2n) is 7.90. The Morgan fingerprint density at radius 1 is 0.968 bits per heavy atom. The highest BCUT2D eigenvalue weighted by Gasteiger charge is 2.35. The van der Waals surface area contributed by atoms with E-state index >= 15 is 0 Å². The molecule has 1 fully saturated rings. The van der Waals surface area contributed by atoms with E-state index in [1.54, 1.807) is 36.0 Å². The van der Waals surface area contributed by atoms with Gasteiger partial charge in [0.2, 0.25) is 5.91 Å². The molecule has 1 N–H and O–H groups in total. The first-order valence-corrected chi connectivity index (χ1v) is 11.4. The normalized spacial score (nSPS) is 17.5. The molecule has 1 saturated heterocycles. The molecule has 2 aromatic carbocycles. The molecule has 0 radical (unpaired) electrons. The van der Waals surface area contributed by atoms with Crippen molar-refractivity contribution in [1.82, 2.24) is 10.2 Å². The van der Waals surface area contributed by atoms with Gasteiger partial charge in [0.25, 0.3) is 11.8 Å². The van der Waals surface area contributed by atoms with Crippen LogP contribution in [-0.2, 0) is 9.53 Å². The first-order chi connectivity index (χ1) is 15.1. The highest BCUT2D eigenvalue weighted by Crippen LogP contribution is 2.40. The topological polar surface area (TPSA) is 75.7 Å². The zero-order valence-electron chi connectivity index (χ0n) is 17.3. The van der Waals surface area contributed by atoms with Gasteiger partial charge >= 0.3 is 0 Å². The van der Waals surface area contributed by atoms with E-state index in [0.717, 1.165) is 12.8 Å². The Kier molecular flexibility index (Phi) is 6.73. The third-order valence-corrected chi connectivity index (χ3v) is 7.25. The van der Waals surface area contributed by atoms with Crippen LogP contribution in [-0.4, -0.2) is 53.7 Å². The summed E-state index contributed by atoms with van der Waals surface area (Å²) >= 11 is 1.80. The number of hydrogen-bond donors (Lipinski definition) is 1. The monoisotopic (exact) mass is 438 g/mol. The van der Waals surface area contributed by atoms with Crippen LogP contribution in [0.25, 0.3) is 0 Å². The predicted octanol–water partition coefficient (Wildman–Crippen LogP) is 3.52. The number of amides is 3. The molecular formula is C24H26N2O4S. The van der Waals surface area contributed by atoms with Crippen LogP contribution in [0.4, 0.5) is 0 Å². The lowest BCUT2D eigenvalue weighted by Gasteiger charge is -2.36. The van der Waals surface area contributed by atoms with Gasteiger partial charge in [-0.2, -0.15) is 0 Å². The molecule has 31 heavy (non-hydrogen) atoms. The minimum atomic E-state index is -0.276. The van der Waals surface area contributed by atoms with E-state index in [1.165, 1.54) is 9.80 Å². The Morgan fingerprint density at radius 3 is 2.23 bits per heavy atom. The summed E-state index contributed by atoms with van der Waals surface area (Å²) in [5.41, 5.74) is 0.882. The van der Waals surface area contributed by atoms with Crippen molar-refractivity contribution in [2.75, 3.05) is 26.3 Å². The predicted molar refractivity (Wildman–Crippen MR) is 119 cm³/mol. The molecule has 0 aliphatic carbocycles. The quantitative estimate of drug-likeness (QED) is 0.639. The number of benzene rings is 2. The van der Waals surface area contributed by atoms with Gasteiger partial charge in [-0.25, -0.2) is 0 Å². The summed E-state index contributed by atoms with van der Waals surface area (Å²) in [6.45, 7) is 2.20. The zero-order chi connectivity index (χ0) is 21.7. The molecule has 2 aromatic rings. The maximum absolute atomic E-state index is 12.5. The smallest absolute Gasteiger partial charge is 0.261 e. The van der Waals surface area contributed by atoms with Gasteiger partial charge < -0.3 is 10.1 Å². The number of rotatable bonds is 8. The fourth-order valence-electron chi connectivity index (χ4n) is 3.98. The lowest BCUT2D eigenvalue weighted by Crippen LogP contribution is -2.44. The lowest BCUT2D eigenvalue weighted by molar-refractivity contribution is -0.121. The summed E-state index contributed by atoms with van der Waals surface area (Å²) in [5, 5.41) is 3.07. The van der Waals surface area contributed by atoms with Crippen molar-refractivity contribution in [3.05, 3.63) is 65.7 Å². The van der Waals surface area contributed by atoms with Crippen molar-refractivity contribution in [2.45, 2.75) is 35.3 Å². The number of fused-ring (bicyclic) bond motifs is 1. The first kappa shape index (κ1) is 21.6. The van der Waals surface area contributed by atoms with Gasteiger partial charge in [0.15, 0.2) is 0 Å². The summed E-state index contributed by atoms with van der Waals surface area (Å²) < 4.78 is 5.46. The van der Waals surface area contributed by atoms with E-state index in [2.05, 4.69) is 17.4 Å². The SMILES string of the molecule is O=C(CCCN1C(=O)c2ccccc2C1=O)NCC1(Sc2ccccc2)CCOCC1. The Hall–Kier alpha value is -2.64. The van der Waals surface area contributed by atoms with E-state index < -0.39 is 0 Å². The molecule has 0 bridgehead atoms. The summed E-state index contributed by atoms with van der Waals surface area (Å²) in [5.74, 6) is -0.612. The molecule has 4 rings (SSSR count). The first-order valence-electron chi connectivity index (χ1n) is 10.6. The summed E-state index contributed by atoms with van der Waals surface area (Å²) in [4.78, 5) is 39.8. The third-order valence-electron chi connectivity index (χ3n) is 5.75. The Bertz CT molecular complexity index is 922. The number of carbonyl (C=O) groups excluding carboxylic acids is 3. The molecular weight excluding hydrogens is 412 g/mol. The van der Waals surface area contributed by atoms with Crippen LogP contribution < -0.4 is 5.32 Å². The molecule has 0 aromatic heterocycles. The molecule has 0 spiro atoms. The number of thioether (sulfide) groups is 1. The second kappa shape index (κ2) is 9.66. The van der Waals surface area contributed by atoms with Gasteiger partial charge in [-0.1, -0.05) is 30.3 Å². The molecule has 3 amide bonds. The fraction of sp³-hybridized carbons (Fsp3) is 0.375. The van der Waals surface area contributed by atoms with E-state index in [-0.39, 0.29) is 35.4 Å². The van der Waals surface area contributed by atoms with Gasteiger partial charge in [-0.3, -0.25) is 19.3 Å². The van der Waals surface area contributed by atoms with Gasteiger partial charge in [-0.05, 0) is 43.5 Å². The molecule has 2 aliphatic rings. The zero-order valence-corrected chi connectivity index (χ0v) is 18.2.